The van der Waals surface area contributed by atoms with Gasteiger partial charge in [-0.05, 0) is 73.4 Å². The van der Waals surface area contributed by atoms with Crippen LogP contribution in [0.4, 0.5) is 5.69 Å². The summed E-state index contributed by atoms with van der Waals surface area (Å²) in [5.74, 6) is -0.00110. The van der Waals surface area contributed by atoms with E-state index in [1.54, 1.807) is 10.6 Å². The molecule has 0 spiro atoms. The normalized spacial score (nSPS) is 11.0. The van der Waals surface area contributed by atoms with Crippen LogP contribution >= 0.6 is 11.8 Å². The molecule has 1 N–H and O–H groups in total. The first-order valence-electron chi connectivity index (χ1n) is 10.6. The Morgan fingerprint density at radius 2 is 1.75 bits per heavy atom. The van der Waals surface area contributed by atoms with Crippen LogP contribution in [-0.4, -0.2) is 21.2 Å². The number of para-hydroxylation sites is 1. The van der Waals surface area contributed by atoms with Gasteiger partial charge in [-0.2, -0.15) is 0 Å². The van der Waals surface area contributed by atoms with Crippen LogP contribution in [0.1, 0.15) is 23.6 Å². The Morgan fingerprint density at radius 1 is 1.00 bits per heavy atom. The van der Waals surface area contributed by atoms with Crippen molar-refractivity contribution in [2.75, 3.05) is 11.1 Å². The van der Waals surface area contributed by atoms with Gasteiger partial charge in [0.25, 0.3) is 5.56 Å². The Kier molecular flexibility index (Phi) is 6.42. The van der Waals surface area contributed by atoms with Gasteiger partial charge in [0.1, 0.15) is 0 Å². The van der Waals surface area contributed by atoms with E-state index in [0.717, 1.165) is 28.9 Å². The largest absolute Gasteiger partial charge is 0.325 e. The molecule has 0 saturated heterocycles. The number of carbonyl (C=O) groups excluding carboxylic acids is 1. The quantitative estimate of drug-likeness (QED) is 0.325. The number of hydrogen-bond acceptors (Lipinski definition) is 4. The molecule has 4 rings (SSSR count). The van der Waals surface area contributed by atoms with E-state index in [0.29, 0.717) is 16.1 Å². The first-order chi connectivity index (χ1) is 15.5. The first kappa shape index (κ1) is 21.8. The van der Waals surface area contributed by atoms with Gasteiger partial charge in [-0.1, -0.05) is 49.0 Å². The Balaban J connectivity index is 1.65. The molecule has 1 amide bonds. The van der Waals surface area contributed by atoms with Crippen molar-refractivity contribution in [3.05, 3.63) is 93.8 Å². The lowest BCUT2D eigenvalue weighted by atomic mass is 10.1. The van der Waals surface area contributed by atoms with Gasteiger partial charge in [-0.3, -0.25) is 14.2 Å². The maximum atomic E-state index is 13.4. The number of aryl methyl sites for hydroxylation is 3. The molecule has 0 aliphatic carbocycles. The number of rotatable bonds is 6. The average Bonchev–Trinajstić information content (AvgIpc) is 2.80. The van der Waals surface area contributed by atoms with E-state index in [4.69, 9.17) is 4.98 Å². The van der Waals surface area contributed by atoms with E-state index in [1.165, 1.54) is 17.3 Å². The summed E-state index contributed by atoms with van der Waals surface area (Å²) in [5, 5.41) is 3.96. The summed E-state index contributed by atoms with van der Waals surface area (Å²) in [7, 11) is 0. The fourth-order valence-electron chi connectivity index (χ4n) is 3.45. The Hall–Kier alpha value is -3.38. The number of nitrogens with one attached hydrogen (secondary N) is 1. The van der Waals surface area contributed by atoms with Gasteiger partial charge < -0.3 is 5.32 Å². The molecule has 0 saturated carbocycles. The number of carbonyl (C=O) groups is 1. The molecule has 0 unspecified atom stereocenters. The van der Waals surface area contributed by atoms with E-state index >= 15 is 0 Å². The highest BCUT2D eigenvalue weighted by Gasteiger charge is 2.15. The van der Waals surface area contributed by atoms with Gasteiger partial charge in [-0.15, -0.1) is 0 Å². The lowest BCUT2D eigenvalue weighted by Crippen LogP contribution is -2.23. The van der Waals surface area contributed by atoms with Crippen LogP contribution in [0.5, 0.6) is 0 Å². The molecule has 0 atom stereocenters. The molecule has 1 heterocycles. The molecule has 4 aromatic rings. The van der Waals surface area contributed by atoms with E-state index in [2.05, 4.69) is 12.2 Å². The molecule has 0 bridgehead atoms. The number of nitrogens with zero attached hydrogens (tertiary/aromatic N) is 2. The Labute approximate surface area is 191 Å². The first-order valence-corrected chi connectivity index (χ1v) is 11.6. The predicted octanol–water partition coefficient (Wildman–Crippen LogP) is 5.30. The summed E-state index contributed by atoms with van der Waals surface area (Å²) < 4.78 is 1.60. The minimum atomic E-state index is -0.145. The van der Waals surface area contributed by atoms with Crippen LogP contribution in [0, 0.1) is 13.8 Å². The highest BCUT2D eigenvalue weighted by Crippen LogP contribution is 2.23. The third kappa shape index (κ3) is 4.60. The monoisotopic (exact) mass is 443 g/mol. The molecule has 0 radical (unpaired) electrons. The Bertz CT molecular complexity index is 1340. The van der Waals surface area contributed by atoms with Crippen LogP contribution in [0.15, 0.2) is 76.7 Å². The fraction of sp³-hybridized carbons (Fsp3) is 0.192. The van der Waals surface area contributed by atoms with E-state index in [9.17, 15) is 9.59 Å². The number of thioether (sulfide) groups is 1. The summed E-state index contributed by atoms with van der Waals surface area (Å²) >= 11 is 1.26. The highest BCUT2D eigenvalue weighted by atomic mass is 32.2. The van der Waals surface area contributed by atoms with Crippen molar-refractivity contribution < 1.29 is 4.79 Å². The average molecular weight is 444 g/mol. The molecule has 5 nitrogen and oxygen atoms in total. The number of benzene rings is 3. The zero-order valence-electron chi connectivity index (χ0n) is 18.4. The number of aromatic nitrogens is 2. The lowest BCUT2D eigenvalue weighted by Gasteiger charge is -2.14. The van der Waals surface area contributed by atoms with Gasteiger partial charge in [0.05, 0.1) is 22.3 Å². The summed E-state index contributed by atoms with van der Waals surface area (Å²) in [6, 6.07) is 21.0. The van der Waals surface area contributed by atoms with Gasteiger partial charge >= 0.3 is 0 Å². The minimum absolute atomic E-state index is 0.142. The molecular weight excluding hydrogens is 418 g/mol. The molecule has 6 heteroatoms. The summed E-state index contributed by atoms with van der Waals surface area (Å²) in [5.41, 5.74) is 5.44. The lowest BCUT2D eigenvalue weighted by molar-refractivity contribution is -0.113. The molecule has 0 aliphatic heterocycles. The van der Waals surface area contributed by atoms with E-state index in [1.807, 2.05) is 74.5 Å². The fourth-order valence-corrected chi connectivity index (χ4v) is 4.27. The number of amides is 1. The van der Waals surface area contributed by atoms with E-state index in [-0.39, 0.29) is 17.2 Å². The third-order valence-electron chi connectivity index (χ3n) is 5.47. The highest BCUT2D eigenvalue weighted by molar-refractivity contribution is 7.99. The van der Waals surface area contributed by atoms with Gasteiger partial charge in [0, 0.05) is 5.69 Å². The van der Waals surface area contributed by atoms with Gasteiger partial charge in [-0.25, -0.2) is 4.98 Å². The van der Waals surface area contributed by atoms with Crippen LogP contribution in [0.25, 0.3) is 16.6 Å². The smallest absolute Gasteiger partial charge is 0.266 e. The molecule has 1 aromatic heterocycles. The van der Waals surface area contributed by atoms with Gasteiger partial charge in [0.2, 0.25) is 5.91 Å². The second-order valence-corrected chi connectivity index (χ2v) is 8.65. The molecule has 3 aromatic carbocycles. The van der Waals surface area contributed by atoms with Crippen LogP contribution in [0.2, 0.25) is 0 Å². The second kappa shape index (κ2) is 9.40. The maximum absolute atomic E-state index is 13.4. The van der Waals surface area contributed by atoms with E-state index < -0.39 is 0 Å². The van der Waals surface area contributed by atoms with Crippen molar-refractivity contribution in [1.82, 2.24) is 9.55 Å². The van der Waals surface area contributed by atoms with Crippen molar-refractivity contribution in [2.24, 2.45) is 0 Å². The summed E-state index contributed by atoms with van der Waals surface area (Å²) in [6.07, 6.45) is 0.952. The molecule has 32 heavy (non-hydrogen) atoms. The molecule has 162 valence electrons. The van der Waals surface area contributed by atoms with Crippen LogP contribution in [-0.2, 0) is 11.2 Å². The van der Waals surface area contributed by atoms with Crippen molar-refractivity contribution in [2.45, 2.75) is 32.3 Å². The van der Waals surface area contributed by atoms with Crippen molar-refractivity contribution in [1.29, 1.82) is 0 Å². The number of anilines is 1. The third-order valence-corrected chi connectivity index (χ3v) is 6.41. The number of hydrogen-bond donors (Lipinski definition) is 1. The standard InChI is InChI=1S/C26H25N3O2S/c1-4-19-10-12-20(13-11-19)27-24(30)16-32-26-28-23-8-6-5-7-22(23)25(31)29(26)21-14-9-17(2)18(3)15-21/h5-15H,4,16H2,1-3H3,(H,27,30). The minimum Gasteiger partial charge on any atom is -0.325 e. The Morgan fingerprint density at radius 3 is 2.47 bits per heavy atom. The molecule has 0 aliphatic rings. The van der Waals surface area contributed by atoms with Crippen molar-refractivity contribution in [3.63, 3.8) is 0 Å². The van der Waals surface area contributed by atoms with Crippen molar-refractivity contribution >= 4 is 34.3 Å². The summed E-state index contributed by atoms with van der Waals surface area (Å²) in [4.78, 5) is 30.7. The summed E-state index contributed by atoms with van der Waals surface area (Å²) in [6.45, 7) is 6.14. The maximum Gasteiger partial charge on any atom is 0.266 e. The second-order valence-electron chi connectivity index (χ2n) is 7.71. The zero-order chi connectivity index (χ0) is 22.7. The zero-order valence-corrected chi connectivity index (χ0v) is 19.2. The molecular formula is C26H25N3O2S. The van der Waals surface area contributed by atoms with Crippen LogP contribution in [0.3, 0.4) is 0 Å². The predicted molar refractivity (Wildman–Crippen MR) is 132 cm³/mol. The van der Waals surface area contributed by atoms with Crippen LogP contribution < -0.4 is 10.9 Å². The topological polar surface area (TPSA) is 64.0 Å². The van der Waals surface area contributed by atoms with Gasteiger partial charge in [0.15, 0.2) is 5.16 Å². The number of fused-ring (bicyclic) bond motifs is 1. The molecule has 0 fully saturated rings. The SMILES string of the molecule is CCc1ccc(NC(=O)CSc2nc3ccccc3c(=O)n2-c2ccc(C)c(C)c2)cc1. The van der Waals surface area contributed by atoms with Crippen molar-refractivity contribution in [3.8, 4) is 5.69 Å².